The van der Waals surface area contributed by atoms with Crippen molar-refractivity contribution in [3.05, 3.63) is 23.7 Å². The molecule has 2 N–H and O–H groups in total. The number of nitrogens with one attached hydrogen (secondary N) is 2. The topological polar surface area (TPSA) is 106 Å². The van der Waals surface area contributed by atoms with Gasteiger partial charge in [0.1, 0.15) is 5.82 Å². The van der Waals surface area contributed by atoms with E-state index < -0.39 is 5.91 Å². The molecule has 88 valence electrons. The van der Waals surface area contributed by atoms with Crippen LogP contribution in [0.15, 0.2) is 16.5 Å². The third-order valence-corrected chi connectivity index (χ3v) is 1.90. The van der Waals surface area contributed by atoms with Gasteiger partial charge in [-0.05, 0) is 12.1 Å². The average Bonchev–Trinajstić information content (AvgIpc) is 2.75. The molecule has 0 atom stereocenters. The van der Waals surface area contributed by atoms with E-state index in [9.17, 15) is 4.79 Å². The van der Waals surface area contributed by atoms with Crippen LogP contribution in [0.1, 0.15) is 16.4 Å². The second-order valence-electron chi connectivity index (χ2n) is 3.13. The van der Waals surface area contributed by atoms with Crippen molar-refractivity contribution in [3.63, 3.8) is 0 Å². The second-order valence-corrected chi connectivity index (χ2v) is 3.13. The zero-order chi connectivity index (χ0) is 12.3. The van der Waals surface area contributed by atoms with Crippen molar-refractivity contribution in [2.24, 2.45) is 0 Å². The zero-order valence-corrected chi connectivity index (χ0v) is 9.26. The molecule has 0 radical (unpaired) electrons. The Bertz CT molecular complexity index is 521. The monoisotopic (exact) mass is 234 g/mol. The van der Waals surface area contributed by atoms with Crippen LogP contribution in [0.4, 0.5) is 11.8 Å². The van der Waals surface area contributed by atoms with Gasteiger partial charge in [-0.25, -0.2) is 0 Å². The van der Waals surface area contributed by atoms with Gasteiger partial charge < -0.3 is 9.73 Å². The first-order valence-corrected chi connectivity index (χ1v) is 4.82. The fourth-order valence-electron chi connectivity index (χ4n) is 1.09. The molecule has 0 aliphatic rings. The summed E-state index contributed by atoms with van der Waals surface area (Å²) in [7, 11) is 1.71. The minimum atomic E-state index is -0.455. The molecule has 2 aromatic rings. The quantitative estimate of drug-likeness (QED) is 0.794. The Hall–Kier alpha value is -2.51. The van der Waals surface area contributed by atoms with E-state index in [0.29, 0.717) is 11.7 Å². The first-order valence-electron chi connectivity index (χ1n) is 4.82. The molecule has 1 amide bonds. The van der Waals surface area contributed by atoms with Crippen molar-refractivity contribution in [1.29, 1.82) is 0 Å². The molecule has 2 rings (SSSR count). The summed E-state index contributed by atoms with van der Waals surface area (Å²) in [5.74, 6) is 0.496. The van der Waals surface area contributed by atoms with Crippen molar-refractivity contribution >= 4 is 17.7 Å². The molecule has 0 fully saturated rings. The second kappa shape index (κ2) is 4.56. The summed E-state index contributed by atoms with van der Waals surface area (Å²) in [5, 5.41) is 19.9. The molecule has 0 aliphatic carbocycles. The largest absolute Gasteiger partial charge is 0.408 e. The van der Waals surface area contributed by atoms with E-state index in [0.717, 1.165) is 0 Å². The summed E-state index contributed by atoms with van der Waals surface area (Å²) in [6, 6.07) is 3.21. The Labute approximate surface area is 96.5 Å². The van der Waals surface area contributed by atoms with E-state index in [-0.39, 0.29) is 11.7 Å². The number of aromatic nitrogens is 4. The van der Waals surface area contributed by atoms with Crippen molar-refractivity contribution in [2.45, 2.75) is 6.92 Å². The molecule has 0 bridgehead atoms. The molecular formula is C9H10N6O2. The van der Waals surface area contributed by atoms with Gasteiger partial charge in [0.2, 0.25) is 5.89 Å². The van der Waals surface area contributed by atoms with E-state index in [1.807, 2.05) is 0 Å². The normalized spacial score (nSPS) is 10.0. The molecule has 0 saturated carbocycles. The Morgan fingerprint density at radius 1 is 1.24 bits per heavy atom. The summed E-state index contributed by atoms with van der Waals surface area (Å²) in [6.07, 6.45) is 0. The Balaban J connectivity index is 2.09. The minimum absolute atomic E-state index is 0.0343. The number of amides is 1. The maximum atomic E-state index is 11.7. The SMILES string of the molecule is CNc1ccc(C(=O)Nc2nnc(C)o2)nn1. The molecule has 2 aromatic heterocycles. The van der Waals surface area contributed by atoms with Gasteiger partial charge in [-0.1, -0.05) is 5.10 Å². The van der Waals surface area contributed by atoms with Crippen LogP contribution >= 0.6 is 0 Å². The van der Waals surface area contributed by atoms with Crippen LogP contribution < -0.4 is 10.6 Å². The lowest BCUT2D eigenvalue weighted by Gasteiger charge is -2.00. The van der Waals surface area contributed by atoms with E-state index in [1.54, 1.807) is 20.0 Å². The van der Waals surface area contributed by atoms with Gasteiger partial charge in [-0.2, -0.15) is 0 Å². The van der Waals surface area contributed by atoms with Gasteiger partial charge in [0.05, 0.1) is 0 Å². The van der Waals surface area contributed by atoms with E-state index in [4.69, 9.17) is 4.42 Å². The number of rotatable bonds is 3. The molecular weight excluding hydrogens is 224 g/mol. The summed E-state index contributed by atoms with van der Waals surface area (Å²) in [5.41, 5.74) is 0.167. The first kappa shape index (κ1) is 11.0. The Morgan fingerprint density at radius 3 is 2.59 bits per heavy atom. The fourth-order valence-corrected chi connectivity index (χ4v) is 1.09. The molecule has 8 heteroatoms. The van der Waals surface area contributed by atoms with Crippen LogP contribution in [0.25, 0.3) is 0 Å². The summed E-state index contributed by atoms with van der Waals surface area (Å²) >= 11 is 0. The Kier molecular flexibility index (Phi) is 2.95. The smallest absolute Gasteiger partial charge is 0.322 e. The highest BCUT2D eigenvalue weighted by atomic mass is 16.4. The number of nitrogens with zero attached hydrogens (tertiary/aromatic N) is 4. The van der Waals surface area contributed by atoms with E-state index >= 15 is 0 Å². The molecule has 8 nitrogen and oxygen atoms in total. The molecule has 2 heterocycles. The third kappa shape index (κ3) is 2.54. The van der Waals surface area contributed by atoms with Gasteiger partial charge >= 0.3 is 6.01 Å². The highest BCUT2D eigenvalue weighted by molar-refractivity contribution is 6.01. The zero-order valence-electron chi connectivity index (χ0n) is 9.26. The van der Waals surface area contributed by atoms with Crippen LogP contribution in [-0.4, -0.2) is 33.3 Å². The maximum Gasteiger partial charge on any atom is 0.322 e. The number of hydrogen-bond acceptors (Lipinski definition) is 7. The summed E-state index contributed by atoms with van der Waals surface area (Å²) in [4.78, 5) is 11.7. The van der Waals surface area contributed by atoms with Crippen molar-refractivity contribution in [3.8, 4) is 0 Å². The minimum Gasteiger partial charge on any atom is -0.408 e. The summed E-state index contributed by atoms with van der Waals surface area (Å²) < 4.78 is 5.01. The Morgan fingerprint density at radius 2 is 2.06 bits per heavy atom. The number of aryl methyl sites for hydroxylation is 1. The third-order valence-electron chi connectivity index (χ3n) is 1.90. The lowest BCUT2D eigenvalue weighted by Crippen LogP contribution is -2.14. The first-order chi connectivity index (χ1) is 8.19. The maximum absolute atomic E-state index is 11.7. The lowest BCUT2D eigenvalue weighted by molar-refractivity contribution is 0.101. The number of anilines is 2. The molecule has 17 heavy (non-hydrogen) atoms. The van der Waals surface area contributed by atoms with Gasteiger partial charge in [-0.3, -0.25) is 10.1 Å². The van der Waals surface area contributed by atoms with Gasteiger partial charge in [0.15, 0.2) is 5.69 Å². The van der Waals surface area contributed by atoms with Gasteiger partial charge in [0, 0.05) is 14.0 Å². The number of carbonyl (C=O) groups excluding carboxylic acids is 1. The van der Waals surface area contributed by atoms with Crippen LogP contribution in [-0.2, 0) is 0 Å². The molecule has 0 spiro atoms. The highest BCUT2D eigenvalue weighted by Gasteiger charge is 2.11. The molecule has 0 unspecified atom stereocenters. The van der Waals surface area contributed by atoms with Gasteiger partial charge in [-0.15, -0.1) is 15.3 Å². The van der Waals surface area contributed by atoms with Crippen molar-refractivity contribution < 1.29 is 9.21 Å². The van der Waals surface area contributed by atoms with Crippen LogP contribution in [0.5, 0.6) is 0 Å². The predicted octanol–water partition coefficient (Wildman–Crippen LogP) is 0.462. The van der Waals surface area contributed by atoms with E-state index in [2.05, 4.69) is 31.0 Å². The van der Waals surface area contributed by atoms with Crippen molar-refractivity contribution in [1.82, 2.24) is 20.4 Å². The number of hydrogen-bond donors (Lipinski definition) is 2. The van der Waals surface area contributed by atoms with Crippen molar-refractivity contribution in [2.75, 3.05) is 17.7 Å². The van der Waals surface area contributed by atoms with Crippen LogP contribution in [0.2, 0.25) is 0 Å². The van der Waals surface area contributed by atoms with Crippen LogP contribution in [0.3, 0.4) is 0 Å². The van der Waals surface area contributed by atoms with Crippen LogP contribution in [0, 0.1) is 6.92 Å². The molecule has 0 saturated heterocycles. The molecule has 0 aliphatic heterocycles. The molecule has 0 aromatic carbocycles. The predicted molar refractivity (Wildman–Crippen MR) is 58.6 cm³/mol. The van der Waals surface area contributed by atoms with Gasteiger partial charge in [0.25, 0.3) is 5.91 Å². The number of carbonyl (C=O) groups is 1. The summed E-state index contributed by atoms with van der Waals surface area (Å²) in [6.45, 7) is 1.63. The fraction of sp³-hybridized carbons (Fsp3) is 0.222. The highest BCUT2D eigenvalue weighted by Crippen LogP contribution is 2.06. The standard InChI is InChI=1S/C9H10N6O2/c1-5-12-15-9(17-5)11-8(16)6-3-4-7(10-2)14-13-6/h3-4H,1-2H3,(H,10,14)(H,11,15,16). The average molecular weight is 234 g/mol. The van der Waals surface area contributed by atoms with E-state index in [1.165, 1.54) is 6.07 Å². The lowest BCUT2D eigenvalue weighted by atomic mass is 10.3.